The first-order valence-electron chi connectivity index (χ1n) is 11.6. The maximum absolute atomic E-state index is 13.0. The predicted octanol–water partition coefficient (Wildman–Crippen LogP) is 7.76. The quantitative estimate of drug-likeness (QED) is 0.203. The van der Waals surface area contributed by atoms with E-state index in [-0.39, 0.29) is 5.78 Å². The van der Waals surface area contributed by atoms with E-state index in [9.17, 15) is 4.79 Å². The zero-order chi connectivity index (χ0) is 22.6. The van der Waals surface area contributed by atoms with Gasteiger partial charge in [-0.05, 0) is 48.1 Å². The van der Waals surface area contributed by atoms with Crippen LogP contribution in [0, 0.1) is 0 Å². The highest BCUT2D eigenvalue weighted by Crippen LogP contribution is 2.33. The molecule has 1 saturated carbocycles. The van der Waals surface area contributed by atoms with Gasteiger partial charge in [0.05, 0.1) is 23.3 Å². The monoisotopic (exact) mass is 474 g/mol. The summed E-state index contributed by atoms with van der Waals surface area (Å²) in [6, 6.07) is 24.4. The van der Waals surface area contributed by atoms with Crippen LogP contribution >= 0.6 is 23.4 Å². The average Bonchev–Trinajstić information content (AvgIpc) is 3.20. The van der Waals surface area contributed by atoms with E-state index in [2.05, 4.69) is 28.8 Å². The molecule has 0 atom stereocenters. The Balaban J connectivity index is 1.33. The van der Waals surface area contributed by atoms with Crippen molar-refractivity contribution in [3.63, 3.8) is 0 Å². The highest BCUT2D eigenvalue weighted by molar-refractivity contribution is 7.99. The molecule has 0 spiro atoms. The summed E-state index contributed by atoms with van der Waals surface area (Å²) in [5.41, 5.74) is 5.22. The molecular weight excluding hydrogens is 448 g/mol. The van der Waals surface area contributed by atoms with E-state index in [1.165, 1.54) is 55.0 Å². The molecule has 0 bridgehead atoms. The lowest BCUT2D eigenvalue weighted by Gasteiger charge is -2.22. The molecule has 5 heteroatoms. The average molecular weight is 475 g/mol. The summed E-state index contributed by atoms with van der Waals surface area (Å²) in [5.74, 6) is 1.14. The number of aromatic nitrogens is 2. The molecule has 0 unspecified atom stereocenters. The number of hydrogen-bond acceptors (Lipinski definition) is 3. The van der Waals surface area contributed by atoms with Crippen molar-refractivity contribution in [3.05, 3.63) is 94.5 Å². The lowest BCUT2D eigenvalue weighted by molar-refractivity contribution is 0.102. The number of fused-ring (bicyclic) bond motifs is 1. The lowest BCUT2D eigenvalue weighted by atomic mass is 9.84. The van der Waals surface area contributed by atoms with Gasteiger partial charge < -0.3 is 4.57 Å². The fourth-order valence-corrected chi connectivity index (χ4v) is 5.78. The number of ketones is 1. The maximum Gasteiger partial charge on any atom is 0.173 e. The molecule has 33 heavy (non-hydrogen) atoms. The maximum atomic E-state index is 13.0. The van der Waals surface area contributed by atoms with E-state index in [1.54, 1.807) is 0 Å². The van der Waals surface area contributed by atoms with Crippen molar-refractivity contribution in [1.29, 1.82) is 0 Å². The molecule has 0 amide bonds. The van der Waals surface area contributed by atoms with Crippen LogP contribution in [-0.4, -0.2) is 21.1 Å². The smallest absolute Gasteiger partial charge is 0.173 e. The summed E-state index contributed by atoms with van der Waals surface area (Å²) in [4.78, 5) is 17.8. The van der Waals surface area contributed by atoms with Gasteiger partial charge in [0.1, 0.15) is 0 Å². The standard InChI is InChI=1S/C28H27ClN2OS/c29-24-15-16-26-25(17-24)30-28(31(26)18-20-7-3-1-4-8-20)33-19-27(32)23-13-11-22(12-14-23)21-9-5-2-6-10-21/h1,3-4,7-8,11-17,21H,2,5-6,9-10,18-19H2. The Labute approximate surface area is 204 Å². The molecule has 1 heterocycles. The molecule has 3 aromatic carbocycles. The Morgan fingerprint density at radius 2 is 1.73 bits per heavy atom. The molecule has 168 valence electrons. The molecule has 3 nitrogen and oxygen atoms in total. The van der Waals surface area contributed by atoms with Gasteiger partial charge in [0.25, 0.3) is 0 Å². The van der Waals surface area contributed by atoms with Crippen molar-refractivity contribution in [2.24, 2.45) is 0 Å². The number of benzene rings is 3. The van der Waals surface area contributed by atoms with Crippen LogP contribution in [0.25, 0.3) is 11.0 Å². The van der Waals surface area contributed by atoms with Crippen molar-refractivity contribution < 1.29 is 4.79 Å². The number of carbonyl (C=O) groups is 1. The van der Waals surface area contributed by atoms with Crippen LogP contribution in [0.5, 0.6) is 0 Å². The molecule has 1 fully saturated rings. The van der Waals surface area contributed by atoms with E-state index in [0.717, 1.165) is 21.8 Å². The second-order valence-corrected chi connectivity index (χ2v) is 10.1. The van der Waals surface area contributed by atoms with Crippen LogP contribution in [0.3, 0.4) is 0 Å². The minimum absolute atomic E-state index is 0.131. The van der Waals surface area contributed by atoms with E-state index in [1.807, 2.05) is 48.5 Å². The predicted molar refractivity (Wildman–Crippen MR) is 138 cm³/mol. The van der Waals surface area contributed by atoms with Crippen molar-refractivity contribution >= 4 is 40.2 Å². The second-order valence-electron chi connectivity index (χ2n) is 8.77. The topological polar surface area (TPSA) is 34.9 Å². The van der Waals surface area contributed by atoms with Gasteiger partial charge in [0.2, 0.25) is 0 Å². The van der Waals surface area contributed by atoms with E-state index in [4.69, 9.17) is 16.6 Å². The molecule has 0 saturated heterocycles. The molecule has 0 aliphatic heterocycles. The fraction of sp³-hybridized carbons (Fsp3) is 0.286. The van der Waals surface area contributed by atoms with E-state index >= 15 is 0 Å². The number of nitrogens with zero attached hydrogens (tertiary/aromatic N) is 2. The molecule has 1 aromatic heterocycles. The molecule has 0 radical (unpaired) electrons. The third-order valence-corrected chi connectivity index (χ3v) is 7.71. The van der Waals surface area contributed by atoms with Gasteiger partial charge in [-0.3, -0.25) is 4.79 Å². The number of rotatable bonds is 7. The fourth-order valence-electron chi connectivity index (χ4n) is 4.70. The largest absolute Gasteiger partial charge is 0.314 e. The number of thioether (sulfide) groups is 1. The van der Waals surface area contributed by atoms with Crippen LogP contribution < -0.4 is 0 Å². The molecular formula is C28H27ClN2OS. The minimum atomic E-state index is 0.131. The summed E-state index contributed by atoms with van der Waals surface area (Å²) in [5, 5.41) is 1.50. The zero-order valence-electron chi connectivity index (χ0n) is 18.5. The second kappa shape index (κ2) is 10.1. The summed E-state index contributed by atoms with van der Waals surface area (Å²) in [7, 11) is 0. The third kappa shape index (κ3) is 5.18. The Morgan fingerprint density at radius 1 is 0.970 bits per heavy atom. The highest BCUT2D eigenvalue weighted by Gasteiger charge is 2.17. The molecule has 1 aliphatic carbocycles. The van der Waals surface area contributed by atoms with Gasteiger partial charge in [-0.25, -0.2) is 4.98 Å². The minimum Gasteiger partial charge on any atom is -0.314 e. The Hall–Kier alpha value is -2.56. The summed E-state index contributed by atoms with van der Waals surface area (Å²) < 4.78 is 2.17. The Morgan fingerprint density at radius 3 is 2.48 bits per heavy atom. The van der Waals surface area contributed by atoms with Crippen LogP contribution in [0.4, 0.5) is 0 Å². The van der Waals surface area contributed by atoms with Gasteiger partial charge in [-0.1, -0.05) is 97.2 Å². The molecule has 0 N–H and O–H groups in total. The van der Waals surface area contributed by atoms with Gasteiger partial charge in [0, 0.05) is 10.6 Å². The van der Waals surface area contributed by atoms with E-state index < -0.39 is 0 Å². The van der Waals surface area contributed by atoms with Gasteiger partial charge in [-0.15, -0.1) is 0 Å². The van der Waals surface area contributed by atoms with Gasteiger partial charge in [-0.2, -0.15) is 0 Å². The molecule has 1 aliphatic rings. The summed E-state index contributed by atoms with van der Waals surface area (Å²) in [6.07, 6.45) is 6.52. The van der Waals surface area contributed by atoms with Crippen molar-refractivity contribution in [2.45, 2.75) is 49.7 Å². The summed E-state index contributed by atoms with van der Waals surface area (Å²) in [6.45, 7) is 0.700. The van der Waals surface area contributed by atoms with Crippen LogP contribution in [0.2, 0.25) is 5.02 Å². The summed E-state index contributed by atoms with van der Waals surface area (Å²) >= 11 is 7.70. The SMILES string of the molecule is O=C(CSc1nc2cc(Cl)ccc2n1Cc1ccccc1)c1ccc(C2CCCCC2)cc1. The third-order valence-electron chi connectivity index (χ3n) is 6.50. The first-order chi connectivity index (χ1) is 16.2. The number of carbonyl (C=O) groups excluding carboxylic acids is 1. The molecule has 4 aromatic rings. The van der Waals surface area contributed by atoms with Crippen LogP contribution in [0.15, 0.2) is 78.0 Å². The number of halogens is 1. The Kier molecular flexibility index (Phi) is 6.84. The van der Waals surface area contributed by atoms with Crippen molar-refractivity contribution in [3.8, 4) is 0 Å². The lowest BCUT2D eigenvalue weighted by Crippen LogP contribution is -2.07. The molecule has 5 rings (SSSR count). The number of imidazole rings is 1. The number of Topliss-reactive ketones (excluding diaryl/α,β-unsaturated/α-hetero) is 1. The van der Waals surface area contributed by atoms with Crippen molar-refractivity contribution in [2.75, 3.05) is 5.75 Å². The van der Waals surface area contributed by atoms with Gasteiger partial charge in [0.15, 0.2) is 10.9 Å². The first kappa shape index (κ1) is 22.2. The Bertz CT molecular complexity index is 1240. The normalized spacial score (nSPS) is 14.6. The zero-order valence-corrected chi connectivity index (χ0v) is 20.1. The first-order valence-corrected chi connectivity index (χ1v) is 13.0. The highest BCUT2D eigenvalue weighted by atomic mass is 35.5. The van der Waals surface area contributed by atoms with Gasteiger partial charge >= 0.3 is 0 Å². The van der Waals surface area contributed by atoms with Crippen molar-refractivity contribution in [1.82, 2.24) is 9.55 Å². The van der Waals surface area contributed by atoms with Crippen LogP contribution in [0.1, 0.15) is 59.5 Å². The van der Waals surface area contributed by atoms with Crippen LogP contribution in [-0.2, 0) is 6.54 Å². The van der Waals surface area contributed by atoms with E-state index in [0.29, 0.717) is 23.2 Å². The number of hydrogen-bond donors (Lipinski definition) is 0.